The maximum absolute atomic E-state index is 12.3. The van der Waals surface area contributed by atoms with Gasteiger partial charge in [0.25, 0.3) is 0 Å². The average molecular weight is 324 g/mol. The lowest BCUT2D eigenvalue weighted by atomic mass is 10.2. The van der Waals surface area contributed by atoms with Crippen molar-refractivity contribution in [1.82, 2.24) is 4.90 Å². The van der Waals surface area contributed by atoms with Crippen molar-refractivity contribution in [1.29, 1.82) is 0 Å². The topological polar surface area (TPSA) is 32.8 Å². The van der Waals surface area contributed by atoms with Crippen molar-refractivity contribution >= 4 is 11.6 Å². The van der Waals surface area contributed by atoms with Crippen LogP contribution in [0.4, 0.5) is 5.69 Å². The zero-order valence-electron chi connectivity index (χ0n) is 14.1. The Hall–Kier alpha value is -2.49. The third-order valence-electron chi connectivity index (χ3n) is 4.36. The Labute approximate surface area is 143 Å². The van der Waals surface area contributed by atoms with Crippen LogP contribution in [0.5, 0.6) is 5.75 Å². The van der Waals surface area contributed by atoms with Crippen molar-refractivity contribution in [2.45, 2.75) is 13.3 Å². The minimum absolute atomic E-state index is 0.175. The molecule has 0 N–H and O–H groups in total. The number of carbonyl (C=O) groups excluding carboxylic acids is 1. The van der Waals surface area contributed by atoms with Gasteiger partial charge in [-0.3, -0.25) is 4.79 Å². The fraction of sp³-hybridized carbons (Fsp3) is 0.350. The largest absolute Gasteiger partial charge is 0.493 e. The van der Waals surface area contributed by atoms with Crippen LogP contribution in [0.1, 0.15) is 12.0 Å². The van der Waals surface area contributed by atoms with Gasteiger partial charge in [0.15, 0.2) is 0 Å². The van der Waals surface area contributed by atoms with E-state index >= 15 is 0 Å². The van der Waals surface area contributed by atoms with Gasteiger partial charge >= 0.3 is 0 Å². The first-order valence-electron chi connectivity index (χ1n) is 8.49. The second kappa shape index (κ2) is 7.86. The molecule has 1 amide bonds. The highest BCUT2D eigenvalue weighted by molar-refractivity contribution is 5.76. The number of ether oxygens (including phenoxy) is 1. The molecule has 1 heterocycles. The first-order valence-corrected chi connectivity index (χ1v) is 8.49. The van der Waals surface area contributed by atoms with Crippen molar-refractivity contribution in [2.24, 2.45) is 0 Å². The summed E-state index contributed by atoms with van der Waals surface area (Å²) >= 11 is 0. The molecule has 24 heavy (non-hydrogen) atoms. The van der Waals surface area contributed by atoms with Gasteiger partial charge in [-0.15, -0.1) is 0 Å². The number of anilines is 1. The summed E-state index contributed by atoms with van der Waals surface area (Å²) in [6.45, 7) is 5.84. The van der Waals surface area contributed by atoms with Gasteiger partial charge in [-0.2, -0.15) is 0 Å². The Morgan fingerprint density at radius 2 is 1.62 bits per heavy atom. The molecule has 0 aromatic heterocycles. The van der Waals surface area contributed by atoms with Gasteiger partial charge in [0.2, 0.25) is 5.91 Å². The van der Waals surface area contributed by atoms with Crippen LogP contribution in [0, 0.1) is 6.92 Å². The number of carbonyl (C=O) groups is 1. The van der Waals surface area contributed by atoms with E-state index in [1.54, 1.807) is 0 Å². The second-order valence-electron chi connectivity index (χ2n) is 6.11. The molecule has 0 spiro atoms. The Morgan fingerprint density at radius 1 is 0.958 bits per heavy atom. The highest BCUT2D eigenvalue weighted by atomic mass is 16.5. The standard InChI is InChI=1S/C20H24N2O2/c1-17-7-9-18(10-8-17)21-12-14-22(15-13-21)20(23)11-16-24-19-5-3-2-4-6-19/h2-10H,11-16H2,1H3. The lowest BCUT2D eigenvalue weighted by Gasteiger charge is -2.36. The van der Waals surface area contributed by atoms with E-state index in [-0.39, 0.29) is 5.91 Å². The summed E-state index contributed by atoms with van der Waals surface area (Å²) in [6, 6.07) is 18.2. The van der Waals surface area contributed by atoms with Crippen LogP contribution < -0.4 is 9.64 Å². The summed E-state index contributed by atoms with van der Waals surface area (Å²) in [4.78, 5) is 16.6. The molecule has 4 nitrogen and oxygen atoms in total. The van der Waals surface area contributed by atoms with E-state index in [1.165, 1.54) is 11.3 Å². The van der Waals surface area contributed by atoms with Gasteiger partial charge in [-0.05, 0) is 31.2 Å². The van der Waals surface area contributed by atoms with Gasteiger partial charge in [-0.1, -0.05) is 35.9 Å². The van der Waals surface area contributed by atoms with E-state index in [4.69, 9.17) is 4.74 Å². The minimum Gasteiger partial charge on any atom is -0.493 e. The van der Waals surface area contributed by atoms with Crippen LogP contribution >= 0.6 is 0 Å². The highest BCUT2D eigenvalue weighted by Gasteiger charge is 2.21. The zero-order chi connectivity index (χ0) is 16.8. The van der Waals surface area contributed by atoms with Crippen LogP contribution in [0.2, 0.25) is 0 Å². The van der Waals surface area contributed by atoms with E-state index in [9.17, 15) is 4.79 Å². The van der Waals surface area contributed by atoms with Crippen molar-refractivity contribution in [2.75, 3.05) is 37.7 Å². The van der Waals surface area contributed by atoms with Gasteiger partial charge in [0.1, 0.15) is 5.75 Å². The molecule has 1 saturated heterocycles. The van der Waals surface area contributed by atoms with Gasteiger partial charge in [0, 0.05) is 31.9 Å². The van der Waals surface area contributed by atoms with Crippen LogP contribution in [0.25, 0.3) is 0 Å². The maximum Gasteiger partial charge on any atom is 0.226 e. The summed E-state index contributed by atoms with van der Waals surface area (Å²) in [6.07, 6.45) is 0.430. The molecule has 2 aromatic rings. The van der Waals surface area contributed by atoms with E-state index in [0.29, 0.717) is 13.0 Å². The van der Waals surface area contributed by atoms with Crippen molar-refractivity contribution in [3.63, 3.8) is 0 Å². The molecule has 0 bridgehead atoms. The molecule has 0 saturated carbocycles. The third-order valence-corrected chi connectivity index (χ3v) is 4.36. The Balaban J connectivity index is 1.42. The van der Waals surface area contributed by atoms with Crippen molar-refractivity contribution in [3.8, 4) is 5.75 Å². The van der Waals surface area contributed by atoms with E-state index in [1.807, 2.05) is 35.2 Å². The molecule has 126 valence electrons. The maximum atomic E-state index is 12.3. The monoisotopic (exact) mass is 324 g/mol. The quantitative estimate of drug-likeness (QED) is 0.847. The lowest BCUT2D eigenvalue weighted by Crippen LogP contribution is -2.49. The number of amides is 1. The molecule has 0 aliphatic carbocycles. The zero-order valence-corrected chi connectivity index (χ0v) is 14.1. The number of nitrogens with zero attached hydrogens (tertiary/aromatic N) is 2. The first-order chi connectivity index (χ1) is 11.7. The summed E-state index contributed by atoms with van der Waals surface area (Å²) in [5, 5.41) is 0. The second-order valence-corrected chi connectivity index (χ2v) is 6.11. The Bertz CT molecular complexity index is 647. The molecule has 0 atom stereocenters. The Morgan fingerprint density at radius 3 is 2.29 bits per heavy atom. The SMILES string of the molecule is Cc1ccc(N2CCN(C(=O)CCOc3ccccc3)CC2)cc1. The number of aryl methyl sites for hydroxylation is 1. The molecular weight excluding hydrogens is 300 g/mol. The van der Waals surface area contributed by atoms with Crippen LogP contribution in [-0.2, 0) is 4.79 Å². The molecular formula is C20H24N2O2. The molecule has 0 radical (unpaired) electrons. The Kier molecular flexibility index (Phi) is 5.36. The molecule has 4 heteroatoms. The minimum atomic E-state index is 0.175. The number of rotatable bonds is 5. The molecule has 3 rings (SSSR count). The predicted octanol–water partition coefficient (Wildman–Crippen LogP) is 3.11. The third kappa shape index (κ3) is 4.28. The molecule has 0 unspecified atom stereocenters. The first kappa shape index (κ1) is 16.4. The lowest BCUT2D eigenvalue weighted by molar-refractivity contribution is -0.132. The van der Waals surface area contributed by atoms with Crippen LogP contribution in [-0.4, -0.2) is 43.6 Å². The number of benzene rings is 2. The fourth-order valence-corrected chi connectivity index (χ4v) is 2.90. The van der Waals surface area contributed by atoms with Crippen LogP contribution in [0.3, 0.4) is 0 Å². The van der Waals surface area contributed by atoms with Crippen molar-refractivity contribution in [3.05, 3.63) is 60.2 Å². The summed E-state index contributed by atoms with van der Waals surface area (Å²) in [7, 11) is 0. The molecule has 1 fully saturated rings. The fourth-order valence-electron chi connectivity index (χ4n) is 2.90. The molecule has 1 aliphatic rings. The smallest absolute Gasteiger partial charge is 0.226 e. The summed E-state index contributed by atoms with van der Waals surface area (Å²) in [5.41, 5.74) is 2.51. The van der Waals surface area contributed by atoms with Crippen LogP contribution in [0.15, 0.2) is 54.6 Å². The van der Waals surface area contributed by atoms with E-state index in [0.717, 1.165) is 31.9 Å². The molecule has 1 aliphatic heterocycles. The number of para-hydroxylation sites is 1. The van der Waals surface area contributed by atoms with Gasteiger partial charge in [-0.25, -0.2) is 0 Å². The van der Waals surface area contributed by atoms with E-state index < -0.39 is 0 Å². The number of piperazine rings is 1. The van der Waals surface area contributed by atoms with E-state index in [2.05, 4.69) is 36.1 Å². The van der Waals surface area contributed by atoms with Crippen molar-refractivity contribution < 1.29 is 9.53 Å². The van der Waals surface area contributed by atoms with Gasteiger partial charge < -0.3 is 14.5 Å². The number of hydrogen-bond acceptors (Lipinski definition) is 3. The average Bonchev–Trinajstić information content (AvgIpc) is 2.63. The highest BCUT2D eigenvalue weighted by Crippen LogP contribution is 2.17. The summed E-state index contributed by atoms with van der Waals surface area (Å²) in [5.74, 6) is 0.990. The number of hydrogen-bond donors (Lipinski definition) is 0. The molecule has 2 aromatic carbocycles. The summed E-state index contributed by atoms with van der Waals surface area (Å²) < 4.78 is 5.61. The normalized spacial score (nSPS) is 14.5. The predicted molar refractivity (Wildman–Crippen MR) is 96.5 cm³/mol. The van der Waals surface area contributed by atoms with Gasteiger partial charge in [0.05, 0.1) is 13.0 Å².